The van der Waals surface area contributed by atoms with Gasteiger partial charge in [0, 0.05) is 12.6 Å². The van der Waals surface area contributed by atoms with Gasteiger partial charge in [-0.15, -0.1) is 12.4 Å². The number of nitrogens with zero attached hydrogens (tertiary/aromatic N) is 1. The van der Waals surface area contributed by atoms with E-state index in [4.69, 9.17) is 16.5 Å². The Morgan fingerprint density at radius 3 is 2.80 bits per heavy atom. The zero-order chi connectivity index (χ0) is 6.69. The smallest absolute Gasteiger partial charge is 0.0635 e. The zero-order valence-electron chi connectivity index (χ0n) is 6.05. The molecule has 1 aliphatic rings. The molecule has 0 saturated carbocycles. The van der Waals surface area contributed by atoms with Gasteiger partial charge < -0.3 is 4.74 Å². The van der Waals surface area contributed by atoms with Crippen LogP contribution in [0.2, 0.25) is 0 Å². The van der Waals surface area contributed by atoms with Crippen molar-refractivity contribution in [2.24, 2.45) is 0 Å². The van der Waals surface area contributed by atoms with Gasteiger partial charge in [-0.1, -0.05) is 6.92 Å². The fourth-order valence-electron chi connectivity index (χ4n) is 0.951. The minimum Gasteiger partial charge on any atom is -0.378 e. The third-order valence-corrected chi connectivity index (χ3v) is 2.07. The quantitative estimate of drug-likeness (QED) is 0.577. The van der Waals surface area contributed by atoms with Crippen molar-refractivity contribution in [3.05, 3.63) is 0 Å². The van der Waals surface area contributed by atoms with Gasteiger partial charge in [0.15, 0.2) is 0 Å². The molecule has 1 fully saturated rings. The molecule has 0 aliphatic carbocycles. The molecule has 0 aromatic carbocycles. The summed E-state index contributed by atoms with van der Waals surface area (Å²) in [6, 6.07) is 0.431. The lowest BCUT2D eigenvalue weighted by atomic mass is 10.2. The van der Waals surface area contributed by atoms with Gasteiger partial charge in [-0.3, -0.25) is 0 Å². The average molecular weight is 186 g/mol. The van der Waals surface area contributed by atoms with Crippen LogP contribution in [0.3, 0.4) is 0 Å². The van der Waals surface area contributed by atoms with Crippen molar-refractivity contribution in [1.29, 1.82) is 0 Å². The van der Waals surface area contributed by atoms with E-state index in [2.05, 4.69) is 6.92 Å². The summed E-state index contributed by atoms with van der Waals surface area (Å²) in [5.41, 5.74) is 0. The lowest BCUT2D eigenvalue weighted by molar-refractivity contribution is 0.0325. The highest BCUT2D eigenvalue weighted by Crippen LogP contribution is 2.11. The Hall–Kier alpha value is 0.500. The molecular weight excluding hydrogens is 173 g/mol. The van der Waals surface area contributed by atoms with E-state index in [0.717, 1.165) is 26.2 Å². The van der Waals surface area contributed by atoms with Crippen molar-refractivity contribution in [3.8, 4) is 0 Å². The Morgan fingerprint density at radius 2 is 2.40 bits per heavy atom. The Balaban J connectivity index is 0.000000810. The van der Waals surface area contributed by atoms with Gasteiger partial charge in [-0.05, 0) is 18.2 Å². The summed E-state index contributed by atoms with van der Waals surface area (Å²) in [5.74, 6) is 0. The van der Waals surface area contributed by atoms with Crippen LogP contribution in [0.15, 0.2) is 0 Å². The molecule has 0 radical (unpaired) electrons. The maximum absolute atomic E-state index is 5.84. The first-order chi connectivity index (χ1) is 4.34. The van der Waals surface area contributed by atoms with E-state index >= 15 is 0 Å². The van der Waals surface area contributed by atoms with E-state index in [-0.39, 0.29) is 12.4 Å². The predicted molar refractivity (Wildman–Crippen MR) is 44.7 cm³/mol. The van der Waals surface area contributed by atoms with Crippen molar-refractivity contribution in [1.82, 2.24) is 4.42 Å². The molecule has 0 amide bonds. The highest BCUT2D eigenvalue weighted by Gasteiger charge is 2.18. The van der Waals surface area contributed by atoms with Crippen LogP contribution in [0.25, 0.3) is 0 Å². The molecule has 1 aliphatic heterocycles. The Bertz CT molecular complexity index is 91.8. The summed E-state index contributed by atoms with van der Waals surface area (Å²) < 4.78 is 7.05. The Labute approximate surface area is 73.0 Å². The largest absolute Gasteiger partial charge is 0.378 e. The van der Waals surface area contributed by atoms with E-state index in [1.165, 1.54) is 0 Å². The summed E-state index contributed by atoms with van der Waals surface area (Å²) >= 11 is 5.84. The van der Waals surface area contributed by atoms with Crippen LogP contribution in [0.4, 0.5) is 0 Å². The first-order valence-corrected chi connectivity index (χ1v) is 3.68. The van der Waals surface area contributed by atoms with Crippen LogP contribution < -0.4 is 0 Å². The normalized spacial score (nSPS) is 27.6. The van der Waals surface area contributed by atoms with E-state index in [9.17, 15) is 0 Å². The standard InChI is InChI=1S/C6H12ClNO.ClH/c1-2-6-5-9-4-3-8(6)7;/h6H,2-5H2,1H3;1H. The number of hydrogen-bond acceptors (Lipinski definition) is 2. The van der Waals surface area contributed by atoms with Crippen molar-refractivity contribution >= 4 is 24.2 Å². The molecule has 0 aromatic heterocycles. The molecule has 10 heavy (non-hydrogen) atoms. The SMILES string of the molecule is CCC1COCCN1Cl.Cl. The second-order valence-electron chi connectivity index (χ2n) is 2.26. The molecule has 1 unspecified atom stereocenters. The fourth-order valence-corrected chi connectivity index (χ4v) is 1.21. The number of morpholine rings is 1. The minimum absolute atomic E-state index is 0. The van der Waals surface area contributed by atoms with Gasteiger partial charge in [0.1, 0.15) is 0 Å². The third kappa shape index (κ3) is 2.62. The molecule has 0 aromatic rings. The molecule has 0 spiro atoms. The first kappa shape index (κ1) is 10.5. The molecule has 1 saturated heterocycles. The maximum atomic E-state index is 5.84. The topological polar surface area (TPSA) is 12.5 Å². The summed E-state index contributed by atoms with van der Waals surface area (Å²) in [6.45, 7) is 4.55. The minimum atomic E-state index is 0. The van der Waals surface area contributed by atoms with Crippen molar-refractivity contribution in [3.63, 3.8) is 0 Å². The van der Waals surface area contributed by atoms with Crippen LogP contribution in [0.1, 0.15) is 13.3 Å². The van der Waals surface area contributed by atoms with Crippen molar-refractivity contribution < 1.29 is 4.74 Å². The highest BCUT2D eigenvalue weighted by atomic mass is 35.5. The summed E-state index contributed by atoms with van der Waals surface area (Å²) in [5, 5.41) is 0. The monoisotopic (exact) mass is 185 g/mol. The Kier molecular flexibility index (Phi) is 5.45. The average Bonchev–Trinajstić information content (AvgIpc) is 1.89. The second kappa shape index (κ2) is 5.19. The van der Waals surface area contributed by atoms with Crippen molar-refractivity contribution in [2.45, 2.75) is 19.4 Å². The van der Waals surface area contributed by atoms with Crippen LogP contribution in [0.5, 0.6) is 0 Å². The van der Waals surface area contributed by atoms with Crippen LogP contribution in [0, 0.1) is 0 Å². The molecule has 62 valence electrons. The lowest BCUT2D eigenvalue weighted by Crippen LogP contribution is -2.38. The fraction of sp³-hybridized carbons (Fsp3) is 1.00. The summed E-state index contributed by atoms with van der Waals surface area (Å²) in [7, 11) is 0. The van der Waals surface area contributed by atoms with Gasteiger partial charge in [-0.25, -0.2) is 4.42 Å². The van der Waals surface area contributed by atoms with Gasteiger partial charge in [-0.2, -0.15) is 0 Å². The molecule has 4 heteroatoms. The third-order valence-electron chi connectivity index (χ3n) is 1.63. The molecule has 1 atom stereocenters. The molecular formula is C6H13Cl2NO. The number of hydrogen-bond donors (Lipinski definition) is 0. The molecule has 2 nitrogen and oxygen atoms in total. The molecule has 0 bridgehead atoms. The van der Waals surface area contributed by atoms with Crippen LogP contribution >= 0.6 is 24.2 Å². The van der Waals surface area contributed by atoms with Gasteiger partial charge in [0.05, 0.1) is 13.2 Å². The van der Waals surface area contributed by atoms with E-state index in [1.54, 1.807) is 0 Å². The lowest BCUT2D eigenvalue weighted by Gasteiger charge is -2.28. The van der Waals surface area contributed by atoms with E-state index in [1.807, 2.05) is 4.42 Å². The molecule has 1 rings (SSSR count). The van der Waals surface area contributed by atoms with Gasteiger partial charge >= 0.3 is 0 Å². The number of rotatable bonds is 1. The van der Waals surface area contributed by atoms with Crippen molar-refractivity contribution in [2.75, 3.05) is 19.8 Å². The van der Waals surface area contributed by atoms with Crippen LogP contribution in [-0.2, 0) is 4.74 Å². The summed E-state index contributed by atoms with van der Waals surface area (Å²) in [6.07, 6.45) is 1.07. The van der Waals surface area contributed by atoms with Gasteiger partial charge in [0.25, 0.3) is 0 Å². The molecule has 0 N–H and O–H groups in total. The highest BCUT2D eigenvalue weighted by molar-refractivity contribution is 6.13. The van der Waals surface area contributed by atoms with E-state index < -0.39 is 0 Å². The zero-order valence-corrected chi connectivity index (χ0v) is 7.62. The summed E-state index contributed by atoms with van der Waals surface area (Å²) in [4.78, 5) is 0. The van der Waals surface area contributed by atoms with E-state index in [0.29, 0.717) is 6.04 Å². The molecule has 1 heterocycles. The van der Waals surface area contributed by atoms with Gasteiger partial charge in [0.2, 0.25) is 0 Å². The first-order valence-electron chi connectivity index (χ1n) is 3.34. The maximum Gasteiger partial charge on any atom is 0.0635 e. The second-order valence-corrected chi connectivity index (χ2v) is 2.69. The Morgan fingerprint density at radius 1 is 1.70 bits per heavy atom. The predicted octanol–water partition coefficient (Wildman–Crippen LogP) is 1.67. The number of halogens is 2. The van der Waals surface area contributed by atoms with Crippen LogP contribution in [-0.4, -0.2) is 30.2 Å². The number of ether oxygens (including phenoxy) is 1.